The topological polar surface area (TPSA) is 131 Å². The molecule has 1 rings (SSSR count). The first-order chi connectivity index (χ1) is 16.8. The number of nitrogens with two attached hydrogens (primary N) is 1. The molecule has 1 aromatic carbocycles. The predicted molar refractivity (Wildman–Crippen MR) is 140 cm³/mol. The van der Waals surface area contributed by atoms with Crippen molar-refractivity contribution in [2.24, 2.45) is 5.73 Å². The highest BCUT2D eigenvalue weighted by atomic mass is 16.6. The number of carbonyl (C=O) groups is 4. The smallest absolute Gasteiger partial charge is 0.408 e. The van der Waals surface area contributed by atoms with E-state index in [1.807, 2.05) is 32.0 Å². The molecular weight excluding hydrogens is 460 g/mol. The van der Waals surface area contributed by atoms with Crippen LogP contribution in [0.4, 0.5) is 4.79 Å². The molecule has 0 bridgehead atoms. The van der Waals surface area contributed by atoms with Crippen LogP contribution in [0.3, 0.4) is 0 Å². The Kier molecular flexibility index (Phi) is 12.1. The molecule has 0 aliphatic rings. The van der Waals surface area contributed by atoms with Gasteiger partial charge >= 0.3 is 6.09 Å². The van der Waals surface area contributed by atoms with Crippen LogP contribution in [-0.4, -0.2) is 53.4 Å². The van der Waals surface area contributed by atoms with Gasteiger partial charge in [0.2, 0.25) is 17.7 Å². The number of carbonyl (C=O) groups excluding carboxylic acids is 4. The highest BCUT2D eigenvalue weighted by Gasteiger charge is 2.37. The number of nitrogens with zero attached hydrogens (tertiary/aromatic N) is 1. The lowest BCUT2D eigenvalue weighted by molar-refractivity contribution is -0.142. The van der Waals surface area contributed by atoms with Crippen LogP contribution in [0.5, 0.6) is 0 Å². The quantitative estimate of drug-likeness (QED) is 0.281. The number of rotatable bonds is 13. The highest BCUT2D eigenvalue weighted by Crippen LogP contribution is 2.29. The zero-order valence-corrected chi connectivity index (χ0v) is 22.5. The molecule has 36 heavy (non-hydrogen) atoms. The molecule has 0 fully saturated rings. The van der Waals surface area contributed by atoms with Crippen molar-refractivity contribution < 1.29 is 23.9 Å². The number of ether oxygens (including phenoxy) is 1. The van der Waals surface area contributed by atoms with Gasteiger partial charge in [0.05, 0.1) is 6.42 Å². The van der Waals surface area contributed by atoms with Crippen LogP contribution >= 0.6 is 0 Å². The van der Waals surface area contributed by atoms with Gasteiger partial charge in [-0.15, -0.1) is 6.58 Å². The third-order valence-corrected chi connectivity index (χ3v) is 5.46. The molecule has 2 unspecified atom stereocenters. The molecule has 0 heterocycles. The number of unbranched alkanes of at least 4 members (excludes halogenated alkanes) is 2. The van der Waals surface area contributed by atoms with E-state index in [1.54, 1.807) is 20.8 Å². The molecule has 0 saturated heterocycles. The van der Waals surface area contributed by atoms with Crippen molar-refractivity contribution in [2.45, 2.75) is 84.9 Å². The fourth-order valence-corrected chi connectivity index (χ4v) is 3.88. The van der Waals surface area contributed by atoms with Crippen LogP contribution in [0.1, 0.15) is 76.1 Å². The summed E-state index contributed by atoms with van der Waals surface area (Å²) < 4.78 is 5.27. The van der Waals surface area contributed by atoms with Gasteiger partial charge in [0.25, 0.3) is 0 Å². The summed E-state index contributed by atoms with van der Waals surface area (Å²) in [5.74, 6) is -1.78. The number of hydrogen-bond acceptors (Lipinski definition) is 5. The second-order valence-electron chi connectivity index (χ2n) is 9.85. The average Bonchev–Trinajstić information content (AvgIpc) is 2.75. The third-order valence-electron chi connectivity index (χ3n) is 5.46. The first-order valence-corrected chi connectivity index (χ1v) is 12.3. The fraction of sp³-hybridized carbons (Fsp3) is 0.556. The van der Waals surface area contributed by atoms with Gasteiger partial charge in [-0.3, -0.25) is 14.4 Å². The van der Waals surface area contributed by atoms with Crippen LogP contribution in [0.15, 0.2) is 30.9 Å². The van der Waals surface area contributed by atoms with Crippen LogP contribution in [-0.2, 0) is 19.1 Å². The van der Waals surface area contributed by atoms with Gasteiger partial charge in [-0.25, -0.2) is 4.79 Å². The lowest BCUT2D eigenvalue weighted by Crippen LogP contribution is -2.54. The fourth-order valence-electron chi connectivity index (χ4n) is 3.88. The molecule has 1 aromatic rings. The minimum atomic E-state index is -1.32. The van der Waals surface area contributed by atoms with E-state index >= 15 is 0 Å². The van der Waals surface area contributed by atoms with E-state index in [9.17, 15) is 19.2 Å². The first-order valence-electron chi connectivity index (χ1n) is 12.3. The normalized spacial score (nSPS) is 12.7. The number of amides is 4. The maximum absolute atomic E-state index is 13.8. The molecule has 9 nitrogen and oxygen atoms in total. The van der Waals surface area contributed by atoms with Crippen LogP contribution in [0, 0.1) is 13.8 Å². The molecule has 0 radical (unpaired) electrons. The lowest BCUT2D eigenvalue weighted by Gasteiger charge is -2.35. The van der Waals surface area contributed by atoms with Gasteiger partial charge in [-0.05, 0) is 57.7 Å². The molecule has 0 aromatic heterocycles. The minimum absolute atomic E-state index is 0.00488. The molecule has 200 valence electrons. The van der Waals surface area contributed by atoms with Crippen molar-refractivity contribution in [1.29, 1.82) is 0 Å². The summed E-state index contributed by atoms with van der Waals surface area (Å²) in [6.07, 6.45) is 2.95. The summed E-state index contributed by atoms with van der Waals surface area (Å²) in [6, 6.07) is 3.29. The SMILES string of the molecule is C=CCN(C(=O)C(CC(N)=O)NC(=O)OC(C)(C)C)C(C(=O)NCCCCC)c1c(C)cccc1C. The second-order valence-corrected chi connectivity index (χ2v) is 9.85. The second kappa shape index (κ2) is 14.3. The Bertz CT molecular complexity index is 918. The van der Waals surface area contributed by atoms with Gasteiger partial charge in [0, 0.05) is 13.1 Å². The largest absolute Gasteiger partial charge is 0.444 e. The molecule has 9 heteroatoms. The summed E-state index contributed by atoms with van der Waals surface area (Å²) in [5, 5.41) is 5.40. The standard InChI is InChI=1S/C27H42N4O5/c1-8-10-11-15-29-24(33)23(22-18(3)13-12-14-19(22)4)31(16-9-2)25(34)20(17-21(28)32)30-26(35)36-27(5,6)7/h9,12-14,20,23H,2,8,10-11,15-17H2,1,3-7H3,(H2,28,32)(H,29,33)(H,30,35). The maximum atomic E-state index is 13.8. The number of primary amides is 1. The maximum Gasteiger partial charge on any atom is 0.408 e. The molecule has 0 saturated carbocycles. The molecule has 0 aliphatic heterocycles. The molecule has 4 N–H and O–H groups in total. The number of aryl methyl sites for hydroxylation is 2. The van der Waals surface area contributed by atoms with Crippen molar-refractivity contribution in [3.05, 3.63) is 47.5 Å². The molecule has 0 spiro atoms. The average molecular weight is 503 g/mol. The lowest BCUT2D eigenvalue weighted by atomic mass is 9.93. The van der Waals surface area contributed by atoms with Crippen molar-refractivity contribution in [3.8, 4) is 0 Å². The zero-order chi connectivity index (χ0) is 27.5. The van der Waals surface area contributed by atoms with Gasteiger partial charge in [-0.1, -0.05) is 44.0 Å². The van der Waals surface area contributed by atoms with Gasteiger partial charge in [0.1, 0.15) is 17.7 Å². The van der Waals surface area contributed by atoms with E-state index in [-0.39, 0.29) is 12.5 Å². The molecule has 0 aliphatic carbocycles. The van der Waals surface area contributed by atoms with Crippen molar-refractivity contribution in [1.82, 2.24) is 15.5 Å². The van der Waals surface area contributed by atoms with E-state index < -0.39 is 42.0 Å². The summed E-state index contributed by atoms with van der Waals surface area (Å²) in [7, 11) is 0. The van der Waals surface area contributed by atoms with Crippen LogP contribution < -0.4 is 16.4 Å². The minimum Gasteiger partial charge on any atom is -0.444 e. The first kappa shape index (κ1) is 30.7. The Labute approximate surface area is 214 Å². The molecular formula is C27H42N4O5. The van der Waals surface area contributed by atoms with E-state index in [0.717, 1.165) is 30.4 Å². The summed E-state index contributed by atoms with van der Waals surface area (Å²) in [6.45, 7) is 15.1. The Morgan fingerprint density at radius 2 is 1.75 bits per heavy atom. The number of alkyl carbamates (subject to hydrolysis) is 1. The Morgan fingerprint density at radius 1 is 1.14 bits per heavy atom. The van der Waals surface area contributed by atoms with Crippen molar-refractivity contribution >= 4 is 23.8 Å². The predicted octanol–water partition coefficient (Wildman–Crippen LogP) is 3.43. The summed E-state index contributed by atoms with van der Waals surface area (Å²) in [5.41, 5.74) is 6.92. The van der Waals surface area contributed by atoms with E-state index in [4.69, 9.17) is 10.5 Å². The van der Waals surface area contributed by atoms with Crippen LogP contribution in [0.2, 0.25) is 0 Å². The number of hydrogen-bond donors (Lipinski definition) is 3. The Morgan fingerprint density at radius 3 is 2.25 bits per heavy atom. The summed E-state index contributed by atoms with van der Waals surface area (Å²) in [4.78, 5) is 52.9. The monoisotopic (exact) mass is 502 g/mol. The third kappa shape index (κ3) is 9.71. The summed E-state index contributed by atoms with van der Waals surface area (Å²) >= 11 is 0. The van der Waals surface area contributed by atoms with E-state index in [1.165, 1.54) is 11.0 Å². The highest BCUT2D eigenvalue weighted by molar-refractivity contribution is 5.95. The number of benzene rings is 1. The Balaban J connectivity index is 3.48. The van der Waals surface area contributed by atoms with Gasteiger partial charge in [0.15, 0.2) is 0 Å². The van der Waals surface area contributed by atoms with E-state index in [2.05, 4.69) is 24.1 Å². The van der Waals surface area contributed by atoms with Crippen molar-refractivity contribution in [2.75, 3.05) is 13.1 Å². The van der Waals surface area contributed by atoms with Gasteiger partial charge in [-0.2, -0.15) is 0 Å². The van der Waals surface area contributed by atoms with Crippen LogP contribution in [0.25, 0.3) is 0 Å². The molecule has 2 atom stereocenters. The molecule has 4 amide bonds. The van der Waals surface area contributed by atoms with Gasteiger partial charge < -0.3 is 26.0 Å². The number of nitrogens with one attached hydrogen (secondary N) is 2. The van der Waals surface area contributed by atoms with E-state index in [0.29, 0.717) is 12.1 Å². The Hall–Kier alpha value is -3.36. The van der Waals surface area contributed by atoms with Crippen molar-refractivity contribution in [3.63, 3.8) is 0 Å². The zero-order valence-electron chi connectivity index (χ0n) is 22.5.